The first kappa shape index (κ1) is 59.9. The van der Waals surface area contributed by atoms with E-state index in [0.29, 0.717) is 19.3 Å². The molecule has 0 rings (SSSR count). The van der Waals surface area contributed by atoms with Gasteiger partial charge in [-0.1, -0.05) is 251 Å². The van der Waals surface area contributed by atoms with Crippen LogP contribution in [0.1, 0.15) is 297 Å². The number of rotatable bonds is 50. The first-order chi connectivity index (χ1) is 30.5. The van der Waals surface area contributed by atoms with E-state index in [4.69, 9.17) is 14.2 Å². The molecule has 0 fully saturated rings. The maximum Gasteiger partial charge on any atom is 0.306 e. The highest BCUT2D eigenvalue weighted by Gasteiger charge is 2.19. The molecule has 0 saturated carbocycles. The Hall–Kier alpha value is -2.11. The quantitative estimate of drug-likeness (QED) is 0.0262. The molecule has 0 heterocycles. The average Bonchev–Trinajstić information content (AvgIpc) is 3.27. The van der Waals surface area contributed by atoms with Gasteiger partial charge in [-0.2, -0.15) is 0 Å². The summed E-state index contributed by atoms with van der Waals surface area (Å²) in [6.45, 7) is 6.64. The second kappa shape index (κ2) is 51.5. The third kappa shape index (κ3) is 48.9. The molecule has 0 aliphatic carbocycles. The molecule has 6 heteroatoms. The largest absolute Gasteiger partial charge is 0.462 e. The summed E-state index contributed by atoms with van der Waals surface area (Å²) in [5.74, 6) is -0.867. The van der Waals surface area contributed by atoms with Gasteiger partial charge >= 0.3 is 17.9 Å². The lowest BCUT2D eigenvalue weighted by atomic mass is 10.0. The van der Waals surface area contributed by atoms with E-state index in [1.54, 1.807) is 0 Å². The zero-order valence-electron chi connectivity index (χ0n) is 41.7. The zero-order chi connectivity index (χ0) is 45.1. The lowest BCUT2D eigenvalue weighted by Crippen LogP contribution is -2.30. The molecule has 0 bridgehead atoms. The van der Waals surface area contributed by atoms with Crippen LogP contribution in [0.15, 0.2) is 24.3 Å². The van der Waals surface area contributed by atoms with Crippen LogP contribution < -0.4 is 0 Å². The van der Waals surface area contributed by atoms with Crippen LogP contribution in [0.2, 0.25) is 0 Å². The SMILES string of the molecule is CCCCC/C=C\C/C=C\CCCCCCCC(=O)OC[C@@H](COC(=O)CCCCCCCCCCCCCCC)OC(=O)CCCCCCCCCCCCCCCCCC. The Morgan fingerprint density at radius 1 is 0.323 bits per heavy atom. The summed E-state index contributed by atoms with van der Waals surface area (Å²) in [7, 11) is 0. The Morgan fingerprint density at radius 3 is 0.919 bits per heavy atom. The monoisotopic (exact) mass is 873 g/mol. The Balaban J connectivity index is 4.35. The van der Waals surface area contributed by atoms with Crippen LogP contribution >= 0.6 is 0 Å². The van der Waals surface area contributed by atoms with Gasteiger partial charge in [0.25, 0.3) is 0 Å². The van der Waals surface area contributed by atoms with Crippen LogP contribution in [0.3, 0.4) is 0 Å². The molecule has 0 aliphatic rings. The third-order valence-electron chi connectivity index (χ3n) is 12.2. The second-order valence-electron chi connectivity index (χ2n) is 18.5. The van der Waals surface area contributed by atoms with Crippen molar-refractivity contribution in [1.82, 2.24) is 0 Å². The Morgan fingerprint density at radius 2 is 0.581 bits per heavy atom. The Kier molecular flexibility index (Phi) is 49.8. The number of unbranched alkanes of at least 4 members (excludes halogenated alkanes) is 35. The van der Waals surface area contributed by atoms with Gasteiger partial charge in [-0.25, -0.2) is 0 Å². The Bertz CT molecular complexity index is 1000. The molecular formula is C56H104O6. The van der Waals surface area contributed by atoms with E-state index in [2.05, 4.69) is 45.1 Å². The number of carbonyl (C=O) groups excluding carboxylic acids is 3. The number of allylic oxidation sites excluding steroid dienone is 4. The van der Waals surface area contributed by atoms with Crippen LogP contribution in [-0.2, 0) is 28.6 Å². The van der Waals surface area contributed by atoms with Crippen molar-refractivity contribution in [2.45, 2.75) is 303 Å². The fourth-order valence-corrected chi connectivity index (χ4v) is 8.06. The molecule has 0 aromatic rings. The van der Waals surface area contributed by atoms with Crippen molar-refractivity contribution in [3.8, 4) is 0 Å². The fraction of sp³-hybridized carbons (Fsp3) is 0.875. The van der Waals surface area contributed by atoms with Gasteiger partial charge in [0.2, 0.25) is 0 Å². The molecule has 0 unspecified atom stereocenters. The van der Waals surface area contributed by atoms with Crippen LogP contribution in [0.5, 0.6) is 0 Å². The van der Waals surface area contributed by atoms with Crippen LogP contribution in [0.4, 0.5) is 0 Å². The van der Waals surface area contributed by atoms with Gasteiger partial charge in [0, 0.05) is 19.3 Å². The molecule has 6 nitrogen and oxygen atoms in total. The average molecular weight is 873 g/mol. The molecular weight excluding hydrogens is 769 g/mol. The molecule has 0 N–H and O–H groups in total. The summed E-state index contributed by atoms with van der Waals surface area (Å²) in [6, 6.07) is 0. The minimum Gasteiger partial charge on any atom is -0.462 e. The van der Waals surface area contributed by atoms with Gasteiger partial charge < -0.3 is 14.2 Å². The van der Waals surface area contributed by atoms with Crippen molar-refractivity contribution < 1.29 is 28.6 Å². The topological polar surface area (TPSA) is 78.9 Å². The highest BCUT2D eigenvalue weighted by molar-refractivity contribution is 5.71. The van der Waals surface area contributed by atoms with E-state index in [0.717, 1.165) is 77.0 Å². The van der Waals surface area contributed by atoms with Gasteiger partial charge in [0.05, 0.1) is 0 Å². The van der Waals surface area contributed by atoms with E-state index in [9.17, 15) is 14.4 Å². The second-order valence-corrected chi connectivity index (χ2v) is 18.5. The third-order valence-corrected chi connectivity index (χ3v) is 12.2. The van der Waals surface area contributed by atoms with E-state index >= 15 is 0 Å². The van der Waals surface area contributed by atoms with Gasteiger partial charge in [-0.05, 0) is 51.4 Å². The summed E-state index contributed by atoms with van der Waals surface area (Å²) in [6.07, 6.45) is 58.7. The highest BCUT2D eigenvalue weighted by atomic mass is 16.6. The maximum atomic E-state index is 12.8. The molecule has 0 aromatic heterocycles. The first-order valence-corrected chi connectivity index (χ1v) is 27.3. The number of carbonyl (C=O) groups is 3. The van der Waals surface area contributed by atoms with Crippen molar-refractivity contribution in [3.63, 3.8) is 0 Å². The predicted molar refractivity (Wildman–Crippen MR) is 266 cm³/mol. The molecule has 0 amide bonds. The molecule has 364 valence electrons. The molecule has 0 saturated heterocycles. The standard InChI is InChI=1S/C56H104O6/c1-4-7-10-13-16-19-22-25-27-29-32-35-38-41-44-47-50-56(59)62-53(51-60-54(57)48-45-42-39-36-33-30-24-21-18-15-12-9-6-3)52-61-55(58)49-46-43-40-37-34-31-28-26-23-20-17-14-11-8-5-2/h17,20,26,28,53H,4-16,18-19,21-25,27,29-52H2,1-3H3/b20-17-,28-26-/t53-/m1/s1. The number of ether oxygens (including phenoxy) is 3. The zero-order valence-corrected chi connectivity index (χ0v) is 41.7. The molecule has 0 spiro atoms. The first-order valence-electron chi connectivity index (χ1n) is 27.3. The fourth-order valence-electron chi connectivity index (χ4n) is 8.06. The van der Waals surface area contributed by atoms with Crippen molar-refractivity contribution in [3.05, 3.63) is 24.3 Å². The summed E-state index contributed by atoms with van der Waals surface area (Å²) >= 11 is 0. The van der Waals surface area contributed by atoms with Crippen molar-refractivity contribution >= 4 is 17.9 Å². The number of hydrogen-bond acceptors (Lipinski definition) is 6. The Labute approximate surface area is 385 Å². The lowest BCUT2D eigenvalue weighted by Gasteiger charge is -2.18. The van der Waals surface area contributed by atoms with E-state index in [-0.39, 0.29) is 31.1 Å². The molecule has 1 atom stereocenters. The van der Waals surface area contributed by atoms with Crippen molar-refractivity contribution in [2.75, 3.05) is 13.2 Å². The number of esters is 3. The maximum absolute atomic E-state index is 12.8. The lowest BCUT2D eigenvalue weighted by molar-refractivity contribution is -0.167. The summed E-state index contributed by atoms with van der Waals surface area (Å²) in [5.41, 5.74) is 0. The predicted octanol–water partition coefficient (Wildman–Crippen LogP) is 17.9. The van der Waals surface area contributed by atoms with Gasteiger partial charge in [0.1, 0.15) is 13.2 Å². The van der Waals surface area contributed by atoms with Gasteiger partial charge in [-0.15, -0.1) is 0 Å². The summed E-state index contributed by atoms with van der Waals surface area (Å²) < 4.78 is 16.8. The van der Waals surface area contributed by atoms with E-state index in [1.165, 1.54) is 180 Å². The van der Waals surface area contributed by atoms with Crippen LogP contribution in [0.25, 0.3) is 0 Å². The molecule has 0 radical (unpaired) electrons. The summed E-state index contributed by atoms with van der Waals surface area (Å²) in [4.78, 5) is 38.0. The smallest absolute Gasteiger partial charge is 0.306 e. The molecule has 0 aliphatic heterocycles. The van der Waals surface area contributed by atoms with Crippen LogP contribution in [-0.4, -0.2) is 37.2 Å². The van der Waals surface area contributed by atoms with Gasteiger partial charge in [-0.3, -0.25) is 14.4 Å². The van der Waals surface area contributed by atoms with Gasteiger partial charge in [0.15, 0.2) is 6.10 Å². The van der Waals surface area contributed by atoms with Crippen molar-refractivity contribution in [2.24, 2.45) is 0 Å². The number of hydrogen-bond donors (Lipinski definition) is 0. The highest BCUT2D eigenvalue weighted by Crippen LogP contribution is 2.16. The van der Waals surface area contributed by atoms with Crippen LogP contribution in [0, 0.1) is 0 Å². The van der Waals surface area contributed by atoms with E-state index < -0.39 is 6.10 Å². The summed E-state index contributed by atoms with van der Waals surface area (Å²) in [5, 5.41) is 0. The van der Waals surface area contributed by atoms with Crippen molar-refractivity contribution in [1.29, 1.82) is 0 Å². The molecule has 0 aromatic carbocycles. The minimum atomic E-state index is -0.771. The minimum absolute atomic E-state index is 0.0705. The van der Waals surface area contributed by atoms with E-state index in [1.807, 2.05) is 0 Å². The molecule has 62 heavy (non-hydrogen) atoms. The normalized spacial score (nSPS) is 12.1.